The maximum atomic E-state index is 2.56. The molecule has 7 aromatic carbocycles. The first-order valence-corrected chi connectivity index (χ1v) is 16.1. The second-order valence-corrected chi connectivity index (χ2v) is 12.9. The minimum Gasteiger partial charge on any atom is -0.310 e. The number of nitrogens with zero attached hydrogens (tertiary/aromatic N) is 3. The first-order valence-electron chi connectivity index (χ1n) is 16.1. The van der Waals surface area contributed by atoms with Gasteiger partial charge in [-0.25, -0.2) is 0 Å². The quantitative estimate of drug-likeness (QED) is 0.174. The first kappa shape index (κ1) is 23.4. The molecule has 12 rings (SSSR count). The van der Waals surface area contributed by atoms with Crippen LogP contribution in [-0.2, 0) is 0 Å². The third-order valence-electron chi connectivity index (χ3n) is 10.8. The fourth-order valence-corrected chi connectivity index (χ4v) is 9.14. The summed E-state index contributed by atoms with van der Waals surface area (Å²) in [6.45, 7) is 0.137. The molecule has 0 unspecified atom stereocenters. The number of rotatable bonds is 1. The van der Waals surface area contributed by atoms with E-state index in [4.69, 9.17) is 0 Å². The lowest BCUT2D eigenvalue weighted by Gasteiger charge is -2.34. The molecule has 3 nitrogen and oxygen atoms in total. The van der Waals surface area contributed by atoms with Crippen LogP contribution in [0.1, 0.15) is 0 Å². The Balaban J connectivity index is 1.35. The zero-order valence-electron chi connectivity index (χ0n) is 24.8. The maximum Gasteiger partial charge on any atom is 0.252 e. The van der Waals surface area contributed by atoms with Gasteiger partial charge in [-0.1, -0.05) is 109 Å². The minimum absolute atomic E-state index is 0.137. The van der Waals surface area contributed by atoms with E-state index in [0.29, 0.717) is 0 Å². The molecule has 0 bridgehead atoms. The molecule has 5 heterocycles. The van der Waals surface area contributed by atoms with Gasteiger partial charge in [-0.15, -0.1) is 0 Å². The van der Waals surface area contributed by atoms with Gasteiger partial charge >= 0.3 is 0 Å². The molecule has 0 atom stereocenters. The first-order chi connectivity index (χ1) is 22.9. The van der Waals surface area contributed by atoms with E-state index in [1.807, 2.05) is 0 Å². The molecular formula is C42H24BN3. The number of benzene rings is 7. The lowest BCUT2D eigenvalue weighted by atomic mass is 9.34. The summed E-state index contributed by atoms with van der Waals surface area (Å²) in [4.78, 5) is 0. The van der Waals surface area contributed by atoms with Crippen molar-refractivity contribution in [2.45, 2.75) is 0 Å². The van der Waals surface area contributed by atoms with E-state index in [1.165, 1.54) is 98.9 Å². The maximum absolute atomic E-state index is 2.56. The van der Waals surface area contributed by atoms with Gasteiger partial charge in [0.05, 0.1) is 27.8 Å². The highest BCUT2D eigenvalue weighted by Crippen LogP contribution is 2.41. The molecule has 0 amide bonds. The molecule has 0 N–H and O–H groups in total. The van der Waals surface area contributed by atoms with E-state index in [0.717, 1.165) is 0 Å². The summed E-state index contributed by atoms with van der Waals surface area (Å²) in [5.74, 6) is 0. The lowest BCUT2D eigenvalue weighted by molar-refractivity contribution is 1.10. The summed E-state index contributed by atoms with van der Waals surface area (Å²) in [6, 6.07) is 54.3. The Hall–Kier alpha value is -6.00. The van der Waals surface area contributed by atoms with Crippen LogP contribution in [0.3, 0.4) is 0 Å². The smallest absolute Gasteiger partial charge is 0.252 e. The van der Waals surface area contributed by atoms with Gasteiger partial charge in [0.25, 0.3) is 6.71 Å². The van der Waals surface area contributed by atoms with Gasteiger partial charge in [0, 0.05) is 54.7 Å². The fraction of sp³-hybridized carbons (Fsp3) is 0. The van der Waals surface area contributed by atoms with Gasteiger partial charge in [0.1, 0.15) is 0 Å². The Morgan fingerprint density at radius 1 is 0.348 bits per heavy atom. The topological polar surface area (TPSA) is 14.8 Å². The van der Waals surface area contributed by atoms with Gasteiger partial charge in [-0.05, 0) is 52.8 Å². The number of hydrogen-bond acceptors (Lipinski definition) is 0. The van der Waals surface area contributed by atoms with Crippen molar-refractivity contribution < 1.29 is 0 Å². The minimum atomic E-state index is 0.137. The summed E-state index contributed by atoms with van der Waals surface area (Å²) < 4.78 is 7.59. The second-order valence-electron chi connectivity index (χ2n) is 12.9. The molecule has 4 heteroatoms. The summed E-state index contributed by atoms with van der Waals surface area (Å²) >= 11 is 0. The van der Waals surface area contributed by atoms with E-state index in [-0.39, 0.29) is 6.71 Å². The van der Waals surface area contributed by atoms with Crippen LogP contribution in [0.25, 0.3) is 82.5 Å². The third-order valence-corrected chi connectivity index (χ3v) is 10.8. The van der Waals surface area contributed by atoms with E-state index < -0.39 is 0 Å². The monoisotopic (exact) mass is 581 g/mol. The summed E-state index contributed by atoms with van der Waals surface area (Å²) in [5, 5.41) is 7.80. The number of hydrogen-bond donors (Lipinski definition) is 0. The van der Waals surface area contributed by atoms with Gasteiger partial charge < -0.3 is 13.7 Å². The molecule has 46 heavy (non-hydrogen) atoms. The van der Waals surface area contributed by atoms with Crippen molar-refractivity contribution in [1.82, 2.24) is 13.7 Å². The fourth-order valence-electron chi connectivity index (χ4n) is 9.14. The van der Waals surface area contributed by atoms with Gasteiger partial charge in [-0.3, -0.25) is 0 Å². The van der Waals surface area contributed by atoms with Crippen LogP contribution < -0.4 is 16.4 Å². The van der Waals surface area contributed by atoms with Crippen molar-refractivity contribution in [1.29, 1.82) is 0 Å². The molecule has 2 aliphatic rings. The third kappa shape index (κ3) is 2.58. The summed E-state index contributed by atoms with van der Waals surface area (Å²) in [5.41, 5.74) is 15.5. The van der Waals surface area contributed by atoms with E-state index in [1.54, 1.807) is 0 Å². The lowest BCUT2D eigenvalue weighted by Crippen LogP contribution is -2.59. The van der Waals surface area contributed by atoms with Crippen molar-refractivity contribution in [3.8, 4) is 17.1 Å². The predicted octanol–water partition coefficient (Wildman–Crippen LogP) is 8.12. The number of fused-ring (bicyclic) bond motifs is 13. The zero-order chi connectivity index (χ0) is 29.7. The van der Waals surface area contributed by atoms with Crippen molar-refractivity contribution in [2.24, 2.45) is 0 Å². The molecule has 0 spiro atoms. The molecule has 0 fully saturated rings. The van der Waals surface area contributed by atoms with Gasteiger partial charge in [0.15, 0.2) is 0 Å². The van der Waals surface area contributed by atoms with Crippen LogP contribution in [-0.4, -0.2) is 20.4 Å². The second kappa shape index (κ2) is 7.98. The van der Waals surface area contributed by atoms with Crippen LogP contribution in [0.15, 0.2) is 146 Å². The summed E-state index contributed by atoms with van der Waals surface area (Å²) in [7, 11) is 0. The van der Waals surface area contributed by atoms with Gasteiger partial charge in [0.2, 0.25) is 0 Å². The molecule has 3 aromatic heterocycles. The highest BCUT2D eigenvalue weighted by molar-refractivity contribution is 7.00. The summed E-state index contributed by atoms with van der Waals surface area (Å²) in [6.07, 6.45) is 0. The zero-order valence-corrected chi connectivity index (χ0v) is 24.8. The number of para-hydroxylation sites is 6. The van der Waals surface area contributed by atoms with Crippen molar-refractivity contribution in [3.05, 3.63) is 146 Å². The molecule has 210 valence electrons. The Bertz CT molecular complexity index is 2790. The molecule has 0 saturated carbocycles. The van der Waals surface area contributed by atoms with Gasteiger partial charge in [-0.2, -0.15) is 0 Å². The van der Waals surface area contributed by atoms with E-state index in [9.17, 15) is 0 Å². The normalized spacial score (nSPS) is 13.2. The molecular weight excluding hydrogens is 557 g/mol. The Kier molecular flexibility index (Phi) is 4.06. The molecule has 10 aromatic rings. The van der Waals surface area contributed by atoms with Crippen LogP contribution in [0, 0.1) is 0 Å². The largest absolute Gasteiger partial charge is 0.310 e. The molecule has 0 saturated heterocycles. The van der Waals surface area contributed by atoms with Crippen LogP contribution in [0.2, 0.25) is 0 Å². The standard InChI is InChI=1S/C42H24BN3/c1-5-19-34-26(11-1)27-12-2-6-20-35(27)44(34)25-23-38-40-39(24-25)46-37-22-8-4-14-29(37)31-16-10-18-33(42(31)46)43(40)32-17-9-15-30-28-13-3-7-21-36(28)45(38)41(30)32/h1-24H. The highest BCUT2D eigenvalue weighted by atomic mass is 15.1. The Morgan fingerprint density at radius 2 is 0.717 bits per heavy atom. The highest BCUT2D eigenvalue weighted by Gasteiger charge is 2.41. The Labute approximate surface area is 264 Å². The van der Waals surface area contributed by atoms with Crippen molar-refractivity contribution in [2.75, 3.05) is 0 Å². The van der Waals surface area contributed by atoms with Crippen molar-refractivity contribution >= 4 is 88.5 Å². The number of aromatic nitrogens is 3. The molecule has 0 aliphatic carbocycles. The molecule has 0 radical (unpaired) electrons. The Morgan fingerprint density at radius 3 is 1.17 bits per heavy atom. The average Bonchev–Trinajstić information content (AvgIpc) is 3.76. The average molecular weight is 581 g/mol. The van der Waals surface area contributed by atoms with Crippen LogP contribution in [0.4, 0.5) is 0 Å². The van der Waals surface area contributed by atoms with Crippen LogP contribution in [0.5, 0.6) is 0 Å². The predicted molar refractivity (Wildman–Crippen MR) is 194 cm³/mol. The SMILES string of the molecule is c1ccc2c(c1)c1ccccc1n2-c1cc2c3c(c1)-n1c4ccccc4c4cccc(c41)B3c1cccc3c4ccccc4n-2c13. The molecule has 2 aliphatic heterocycles. The van der Waals surface area contributed by atoms with Crippen molar-refractivity contribution in [3.63, 3.8) is 0 Å². The van der Waals surface area contributed by atoms with Crippen LogP contribution >= 0.6 is 0 Å². The van der Waals surface area contributed by atoms with E-state index >= 15 is 0 Å². The van der Waals surface area contributed by atoms with E-state index in [2.05, 4.69) is 159 Å².